The van der Waals surface area contributed by atoms with Gasteiger partial charge in [-0.2, -0.15) is 0 Å². The molecule has 2 amide bonds. The molecule has 7 nitrogen and oxygen atoms in total. The highest BCUT2D eigenvalue weighted by Crippen LogP contribution is 2.30. The van der Waals surface area contributed by atoms with Crippen molar-refractivity contribution in [2.24, 2.45) is 12.5 Å². The van der Waals surface area contributed by atoms with Gasteiger partial charge in [-0.25, -0.2) is 9.78 Å². The summed E-state index contributed by atoms with van der Waals surface area (Å²) in [7, 11) is 1.89. The standard InChI is InChI=1S/C14H24N4O3/c1-13(2,11(19)20)14(3,4)17-12(21)16-7-6-10-15-8-9-18(10)5/h8-9H,6-7H2,1-5H3,(H,19,20)(H2,16,17,21). The predicted octanol–water partition coefficient (Wildman–Crippen LogP) is 1.15. The first-order chi connectivity index (χ1) is 9.58. The van der Waals surface area contributed by atoms with Crippen LogP contribution in [0.4, 0.5) is 4.79 Å². The van der Waals surface area contributed by atoms with Crippen LogP contribution in [0.2, 0.25) is 0 Å². The van der Waals surface area contributed by atoms with E-state index in [0.717, 1.165) is 5.82 Å². The quantitative estimate of drug-likeness (QED) is 0.733. The van der Waals surface area contributed by atoms with Crippen LogP contribution in [0.25, 0.3) is 0 Å². The molecule has 1 aromatic heterocycles. The molecule has 0 radical (unpaired) electrons. The molecule has 0 spiro atoms. The van der Waals surface area contributed by atoms with Gasteiger partial charge in [0, 0.05) is 32.4 Å². The van der Waals surface area contributed by atoms with Gasteiger partial charge in [0.25, 0.3) is 0 Å². The number of imidazole rings is 1. The van der Waals surface area contributed by atoms with Crippen molar-refractivity contribution in [1.82, 2.24) is 20.2 Å². The number of amides is 2. The zero-order valence-corrected chi connectivity index (χ0v) is 13.2. The van der Waals surface area contributed by atoms with Crippen LogP contribution in [0.15, 0.2) is 12.4 Å². The Kier molecular flexibility index (Phi) is 4.98. The Bertz CT molecular complexity index is 520. The largest absolute Gasteiger partial charge is 0.481 e. The molecule has 1 aromatic rings. The average molecular weight is 296 g/mol. The van der Waals surface area contributed by atoms with Crippen LogP contribution in [-0.4, -0.2) is 38.7 Å². The third kappa shape index (κ3) is 3.96. The summed E-state index contributed by atoms with van der Waals surface area (Å²) in [5.74, 6) is -0.0822. The lowest BCUT2D eigenvalue weighted by Gasteiger charge is -2.38. The van der Waals surface area contributed by atoms with E-state index in [4.69, 9.17) is 0 Å². The molecule has 0 aliphatic rings. The van der Waals surface area contributed by atoms with E-state index in [1.54, 1.807) is 33.9 Å². The van der Waals surface area contributed by atoms with E-state index in [1.807, 2.05) is 17.8 Å². The maximum absolute atomic E-state index is 11.9. The van der Waals surface area contributed by atoms with Gasteiger partial charge in [-0.15, -0.1) is 0 Å². The molecular formula is C14H24N4O3. The summed E-state index contributed by atoms with van der Waals surface area (Å²) >= 11 is 0. The molecule has 0 bridgehead atoms. The summed E-state index contributed by atoms with van der Waals surface area (Å²) in [6.07, 6.45) is 4.15. The molecule has 0 fully saturated rings. The van der Waals surface area contributed by atoms with E-state index in [9.17, 15) is 14.7 Å². The molecular weight excluding hydrogens is 272 g/mol. The van der Waals surface area contributed by atoms with E-state index < -0.39 is 16.9 Å². The number of carboxylic acids is 1. The number of hydrogen-bond donors (Lipinski definition) is 3. The zero-order chi connectivity index (χ0) is 16.3. The van der Waals surface area contributed by atoms with E-state index in [2.05, 4.69) is 15.6 Å². The molecule has 21 heavy (non-hydrogen) atoms. The highest BCUT2D eigenvalue weighted by molar-refractivity contribution is 5.79. The fourth-order valence-electron chi connectivity index (χ4n) is 1.68. The van der Waals surface area contributed by atoms with Gasteiger partial charge in [-0.05, 0) is 27.7 Å². The molecule has 0 aliphatic heterocycles. The van der Waals surface area contributed by atoms with Crippen molar-refractivity contribution in [1.29, 1.82) is 0 Å². The molecule has 3 N–H and O–H groups in total. The first-order valence-corrected chi connectivity index (χ1v) is 6.83. The lowest BCUT2D eigenvalue weighted by molar-refractivity contribution is -0.150. The Labute approximate surface area is 124 Å². The van der Waals surface area contributed by atoms with Crippen LogP contribution in [-0.2, 0) is 18.3 Å². The number of aliphatic carboxylic acids is 1. The number of nitrogens with zero attached hydrogens (tertiary/aromatic N) is 2. The Morgan fingerprint density at radius 1 is 1.33 bits per heavy atom. The molecule has 7 heteroatoms. The number of rotatable bonds is 6. The Hall–Kier alpha value is -2.05. The van der Waals surface area contributed by atoms with Crippen molar-refractivity contribution >= 4 is 12.0 Å². The van der Waals surface area contributed by atoms with Crippen LogP contribution in [0, 0.1) is 5.41 Å². The van der Waals surface area contributed by atoms with Gasteiger partial charge >= 0.3 is 12.0 Å². The Morgan fingerprint density at radius 3 is 2.43 bits per heavy atom. The van der Waals surface area contributed by atoms with E-state index in [1.165, 1.54) is 0 Å². The van der Waals surface area contributed by atoms with Crippen molar-refractivity contribution < 1.29 is 14.7 Å². The van der Waals surface area contributed by atoms with E-state index >= 15 is 0 Å². The van der Waals surface area contributed by atoms with Crippen LogP contribution < -0.4 is 10.6 Å². The van der Waals surface area contributed by atoms with Gasteiger partial charge in [-0.3, -0.25) is 4.79 Å². The van der Waals surface area contributed by atoms with Crippen molar-refractivity contribution in [2.75, 3.05) is 6.54 Å². The highest BCUT2D eigenvalue weighted by Gasteiger charge is 2.44. The summed E-state index contributed by atoms with van der Waals surface area (Å²) in [6, 6.07) is -0.386. The maximum Gasteiger partial charge on any atom is 0.315 e. The van der Waals surface area contributed by atoms with Crippen molar-refractivity contribution in [3.05, 3.63) is 18.2 Å². The minimum atomic E-state index is -1.08. The lowest BCUT2D eigenvalue weighted by Crippen LogP contribution is -2.59. The number of carbonyl (C=O) groups excluding carboxylic acids is 1. The molecule has 1 rings (SSSR count). The van der Waals surface area contributed by atoms with Crippen molar-refractivity contribution in [2.45, 2.75) is 39.7 Å². The highest BCUT2D eigenvalue weighted by atomic mass is 16.4. The summed E-state index contributed by atoms with van der Waals surface area (Å²) < 4.78 is 1.89. The summed E-state index contributed by atoms with van der Waals surface area (Å²) in [5, 5.41) is 14.7. The molecule has 0 saturated carbocycles. The van der Waals surface area contributed by atoms with Crippen LogP contribution in [0.5, 0.6) is 0 Å². The van der Waals surface area contributed by atoms with Crippen molar-refractivity contribution in [3.8, 4) is 0 Å². The fourth-order valence-corrected chi connectivity index (χ4v) is 1.68. The lowest BCUT2D eigenvalue weighted by atomic mass is 9.74. The van der Waals surface area contributed by atoms with Gasteiger partial charge in [0.1, 0.15) is 5.82 Å². The number of hydrogen-bond acceptors (Lipinski definition) is 3. The third-order valence-electron chi connectivity index (χ3n) is 4.08. The number of aryl methyl sites for hydroxylation is 1. The van der Waals surface area contributed by atoms with Gasteiger partial charge < -0.3 is 20.3 Å². The second-order valence-corrected chi connectivity index (χ2v) is 6.14. The molecule has 0 aliphatic carbocycles. The summed E-state index contributed by atoms with van der Waals surface area (Å²) in [5.41, 5.74) is -1.96. The minimum Gasteiger partial charge on any atom is -0.481 e. The van der Waals surface area contributed by atoms with Gasteiger partial charge in [-0.1, -0.05) is 0 Å². The van der Waals surface area contributed by atoms with Crippen LogP contribution in [0.3, 0.4) is 0 Å². The monoisotopic (exact) mass is 296 g/mol. The van der Waals surface area contributed by atoms with E-state index in [-0.39, 0.29) is 6.03 Å². The second kappa shape index (κ2) is 6.15. The first-order valence-electron chi connectivity index (χ1n) is 6.83. The average Bonchev–Trinajstić information content (AvgIpc) is 2.74. The fraction of sp³-hybridized carbons (Fsp3) is 0.643. The van der Waals surface area contributed by atoms with Gasteiger partial charge in [0.05, 0.1) is 11.0 Å². The smallest absolute Gasteiger partial charge is 0.315 e. The summed E-state index contributed by atoms with van der Waals surface area (Å²) in [4.78, 5) is 27.3. The molecule has 0 atom stereocenters. The third-order valence-corrected chi connectivity index (χ3v) is 4.08. The normalized spacial score (nSPS) is 12.0. The van der Waals surface area contributed by atoms with E-state index in [0.29, 0.717) is 13.0 Å². The molecule has 0 saturated heterocycles. The zero-order valence-electron chi connectivity index (χ0n) is 13.2. The molecule has 0 unspecified atom stereocenters. The SMILES string of the molecule is Cn1ccnc1CCNC(=O)NC(C)(C)C(C)(C)C(=O)O. The molecule has 0 aromatic carbocycles. The topological polar surface area (TPSA) is 96.3 Å². The number of nitrogens with one attached hydrogen (secondary N) is 2. The number of carboxylic acid groups (broad SMARTS) is 1. The van der Waals surface area contributed by atoms with Crippen LogP contribution in [0.1, 0.15) is 33.5 Å². The number of carbonyl (C=O) groups is 2. The predicted molar refractivity (Wildman–Crippen MR) is 78.9 cm³/mol. The maximum atomic E-state index is 11.9. The first kappa shape index (κ1) is 17.0. The van der Waals surface area contributed by atoms with Gasteiger partial charge in [0.2, 0.25) is 0 Å². The minimum absolute atomic E-state index is 0.386. The number of urea groups is 1. The summed E-state index contributed by atoms with van der Waals surface area (Å²) in [6.45, 7) is 6.99. The molecule has 1 heterocycles. The Balaban J connectivity index is 2.50. The molecule has 118 valence electrons. The van der Waals surface area contributed by atoms with Gasteiger partial charge in [0.15, 0.2) is 0 Å². The number of aromatic nitrogens is 2. The second-order valence-electron chi connectivity index (χ2n) is 6.14. The van der Waals surface area contributed by atoms with Crippen molar-refractivity contribution in [3.63, 3.8) is 0 Å². The Morgan fingerprint density at radius 2 is 1.95 bits per heavy atom. The van der Waals surface area contributed by atoms with Crippen LogP contribution >= 0.6 is 0 Å².